The summed E-state index contributed by atoms with van der Waals surface area (Å²) in [5.74, 6) is 5.13. The summed E-state index contributed by atoms with van der Waals surface area (Å²) >= 11 is 0. The number of hydrogen-bond donors (Lipinski definition) is 2. The van der Waals surface area contributed by atoms with Gasteiger partial charge in [0.1, 0.15) is 0 Å². The third-order valence-corrected chi connectivity index (χ3v) is 11.5. The van der Waals surface area contributed by atoms with Gasteiger partial charge < -0.3 is 14.9 Å². The highest BCUT2D eigenvalue weighted by atomic mass is 16.5. The smallest absolute Gasteiger partial charge is 0.0618 e. The lowest BCUT2D eigenvalue weighted by Crippen LogP contribution is -2.54. The Morgan fingerprint density at radius 3 is 2.53 bits per heavy atom. The van der Waals surface area contributed by atoms with Gasteiger partial charge in [-0.15, -0.1) is 0 Å². The van der Waals surface area contributed by atoms with E-state index >= 15 is 0 Å². The third kappa shape index (κ3) is 3.16. The van der Waals surface area contributed by atoms with Crippen molar-refractivity contribution in [2.24, 2.45) is 52.3 Å². The predicted molar refractivity (Wildman–Crippen MR) is 120 cm³/mol. The number of rotatable bonds is 4. The summed E-state index contributed by atoms with van der Waals surface area (Å²) in [5, 5.41) is 19.7. The van der Waals surface area contributed by atoms with Gasteiger partial charge in [0.2, 0.25) is 0 Å². The molecule has 3 nitrogen and oxygen atoms in total. The van der Waals surface area contributed by atoms with Crippen molar-refractivity contribution in [1.82, 2.24) is 0 Å². The molecule has 4 saturated carbocycles. The molecule has 30 heavy (non-hydrogen) atoms. The molecule has 2 N–H and O–H groups in total. The first-order valence-corrected chi connectivity index (χ1v) is 13.2. The van der Waals surface area contributed by atoms with Crippen LogP contribution in [-0.2, 0) is 4.74 Å². The first-order valence-electron chi connectivity index (χ1n) is 13.2. The number of fused-ring (bicyclic) bond motifs is 7. The van der Waals surface area contributed by atoms with Crippen LogP contribution in [0.1, 0.15) is 91.9 Å². The SMILES string of the molecule is CC(CO)CC[C@H]1O[C@H]2C[C@H]3[C@@H]4CCC5CC(O)CC[C@]5(C)[C@H]4CC[C@]3(C)[C@H]2[C@@H]1C. The van der Waals surface area contributed by atoms with E-state index in [1.54, 1.807) is 0 Å². The van der Waals surface area contributed by atoms with Crippen LogP contribution in [0.2, 0.25) is 0 Å². The molecule has 1 saturated heterocycles. The molecule has 0 spiro atoms. The average molecular weight is 419 g/mol. The fourth-order valence-corrected chi connectivity index (χ4v) is 9.79. The Hall–Kier alpha value is -0.120. The summed E-state index contributed by atoms with van der Waals surface area (Å²) < 4.78 is 6.76. The number of ether oxygens (including phenoxy) is 1. The maximum absolute atomic E-state index is 10.3. The van der Waals surface area contributed by atoms with Crippen LogP contribution in [0.25, 0.3) is 0 Å². The van der Waals surface area contributed by atoms with E-state index in [1.807, 2.05) is 0 Å². The zero-order valence-corrected chi connectivity index (χ0v) is 19.9. The lowest BCUT2D eigenvalue weighted by molar-refractivity contribution is -0.130. The minimum atomic E-state index is -0.0425. The molecule has 5 fully saturated rings. The zero-order chi connectivity index (χ0) is 21.3. The zero-order valence-electron chi connectivity index (χ0n) is 19.9. The Bertz CT molecular complexity index is 636. The van der Waals surface area contributed by atoms with Gasteiger partial charge in [-0.05, 0) is 116 Å². The normalized spacial score (nSPS) is 56.0. The quantitative estimate of drug-likeness (QED) is 0.640. The Kier molecular flexibility index (Phi) is 5.60. The molecule has 3 heteroatoms. The molecule has 0 aromatic heterocycles. The fourth-order valence-electron chi connectivity index (χ4n) is 9.79. The molecule has 0 aromatic rings. The largest absolute Gasteiger partial charge is 0.396 e. The van der Waals surface area contributed by atoms with Crippen molar-refractivity contribution in [3.05, 3.63) is 0 Å². The molecule has 12 atom stereocenters. The maximum atomic E-state index is 10.3. The highest BCUT2D eigenvalue weighted by Crippen LogP contribution is 2.70. The lowest BCUT2D eigenvalue weighted by atomic mass is 9.44. The van der Waals surface area contributed by atoms with E-state index in [9.17, 15) is 10.2 Å². The summed E-state index contributed by atoms with van der Waals surface area (Å²) in [7, 11) is 0. The van der Waals surface area contributed by atoms with Crippen LogP contribution in [0.3, 0.4) is 0 Å². The van der Waals surface area contributed by atoms with Crippen LogP contribution < -0.4 is 0 Å². The molecular formula is C27H46O3. The van der Waals surface area contributed by atoms with Gasteiger partial charge in [0.25, 0.3) is 0 Å². The molecular weight excluding hydrogens is 372 g/mol. The lowest BCUT2D eigenvalue weighted by Gasteiger charge is -2.61. The van der Waals surface area contributed by atoms with Gasteiger partial charge >= 0.3 is 0 Å². The molecule has 0 amide bonds. The summed E-state index contributed by atoms with van der Waals surface area (Å²) in [4.78, 5) is 0. The molecule has 3 unspecified atom stereocenters. The molecule has 1 heterocycles. The van der Waals surface area contributed by atoms with Crippen LogP contribution >= 0.6 is 0 Å². The molecule has 0 aromatic carbocycles. The Morgan fingerprint density at radius 1 is 1.00 bits per heavy atom. The minimum absolute atomic E-state index is 0.0425. The van der Waals surface area contributed by atoms with Crippen molar-refractivity contribution in [3.8, 4) is 0 Å². The first-order chi connectivity index (χ1) is 14.3. The Morgan fingerprint density at radius 2 is 1.77 bits per heavy atom. The van der Waals surface area contributed by atoms with Crippen molar-refractivity contribution in [2.45, 2.75) is 110 Å². The molecule has 0 bridgehead atoms. The predicted octanol–water partition coefficient (Wildman–Crippen LogP) is 5.43. The van der Waals surface area contributed by atoms with Gasteiger partial charge in [0.15, 0.2) is 0 Å². The van der Waals surface area contributed by atoms with Crippen LogP contribution in [-0.4, -0.2) is 35.1 Å². The molecule has 5 rings (SSSR count). The number of hydrogen-bond acceptors (Lipinski definition) is 3. The third-order valence-electron chi connectivity index (χ3n) is 11.5. The fraction of sp³-hybridized carbons (Fsp3) is 1.00. The van der Waals surface area contributed by atoms with Crippen LogP contribution in [0.4, 0.5) is 0 Å². The average Bonchev–Trinajstić information content (AvgIpc) is 3.20. The van der Waals surface area contributed by atoms with Crippen molar-refractivity contribution in [1.29, 1.82) is 0 Å². The number of aliphatic hydroxyl groups is 2. The van der Waals surface area contributed by atoms with E-state index in [1.165, 1.54) is 38.5 Å². The van der Waals surface area contributed by atoms with Gasteiger partial charge in [-0.25, -0.2) is 0 Å². The van der Waals surface area contributed by atoms with E-state index in [0.29, 0.717) is 41.5 Å². The second kappa shape index (κ2) is 7.73. The highest BCUT2D eigenvalue weighted by Gasteiger charge is 2.65. The van der Waals surface area contributed by atoms with Gasteiger partial charge in [-0.3, -0.25) is 0 Å². The van der Waals surface area contributed by atoms with E-state index in [4.69, 9.17) is 4.74 Å². The molecule has 0 radical (unpaired) electrons. The number of aliphatic hydroxyl groups excluding tert-OH is 2. The van der Waals surface area contributed by atoms with Gasteiger partial charge in [-0.2, -0.15) is 0 Å². The van der Waals surface area contributed by atoms with E-state index in [2.05, 4.69) is 27.7 Å². The second-order valence-electron chi connectivity index (χ2n) is 12.8. The Balaban J connectivity index is 1.32. The van der Waals surface area contributed by atoms with Crippen LogP contribution in [0, 0.1) is 52.3 Å². The molecule has 5 aliphatic rings. The maximum Gasteiger partial charge on any atom is 0.0618 e. The molecule has 1 aliphatic heterocycles. The van der Waals surface area contributed by atoms with E-state index in [0.717, 1.165) is 55.3 Å². The van der Waals surface area contributed by atoms with Gasteiger partial charge in [0, 0.05) is 6.61 Å². The standard InChI is InChI=1S/C27H46O3/c1-16(15-28)5-8-23-17(2)25-24(30-23)14-22-20-7-6-18-13-19(29)9-11-26(18,3)21(20)10-12-27(22,25)4/h16-25,28-29H,5-15H2,1-4H3/t16?,17-,18?,19?,20-,21+,22+,23-,24+,25+,26+,27+/m1/s1. The molecule has 4 aliphatic carbocycles. The molecule has 172 valence electrons. The topological polar surface area (TPSA) is 49.7 Å². The monoisotopic (exact) mass is 418 g/mol. The Labute approximate surface area is 184 Å². The van der Waals surface area contributed by atoms with Crippen molar-refractivity contribution in [2.75, 3.05) is 6.61 Å². The minimum Gasteiger partial charge on any atom is -0.396 e. The van der Waals surface area contributed by atoms with Crippen molar-refractivity contribution >= 4 is 0 Å². The second-order valence-corrected chi connectivity index (χ2v) is 12.8. The van der Waals surface area contributed by atoms with E-state index in [-0.39, 0.29) is 6.10 Å². The van der Waals surface area contributed by atoms with Crippen molar-refractivity contribution < 1.29 is 14.9 Å². The highest BCUT2D eigenvalue weighted by molar-refractivity contribution is 5.14. The summed E-state index contributed by atoms with van der Waals surface area (Å²) in [6.45, 7) is 10.2. The van der Waals surface area contributed by atoms with Gasteiger partial charge in [-0.1, -0.05) is 27.7 Å². The summed E-state index contributed by atoms with van der Waals surface area (Å²) in [6.07, 6.45) is 13.2. The van der Waals surface area contributed by atoms with Crippen LogP contribution in [0.5, 0.6) is 0 Å². The van der Waals surface area contributed by atoms with Crippen LogP contribution in [0.15, 0.2) is 0 Å². The first kappa shape index (κ1) is 21.7. The summed E-state index contributed by atoms with van der Waals surface area (Å²) in [5.41, 5.74) is 0.927. The van der Waals surface area contributed by atoms with Crippen molar-refractivity contribution in [3.63, 3.8) is 0 Å². The summed E-state index contributed by atoms with van der Waals surface area (Å²) in [6, 6.07) is 0. The van der Waals surface area contributed by atoms with E-state index < -0.39 is 0 Å². The van der Waals surface area contributed by atoms with Gasteiger partial charge in [0.05, 0.1) is 18.3 Å².